The quantitative estimate of drug-likeness (QED) is 0.315. The fraction of sp³-hybridized carbons (Fsp3) is 0.188. The molecule has 0 saturated heterocycles. The first-order valence-corrected chi connectivity index (χ1v) is 9.60. The number of hydrogen-bond acceptors (Lipinski definition) is 3. The Morgan fingerprint density at radius 3 is 2.23 bits per heavy atom. The van der Waals surface area contributed by atoms with Gasteiger partial charge in [0, 0.05) is 30.2 Å². The molecule has 0 radical (unpaired) electrons. The number of guanidine groups is 1. The molecule has 0 atom stereocenters. The summed E-state index contributed by atoms with van der Waals surface area (Å²) in [5, 5.41) is 12.5. The van der Waals surface area contributed by atoms with E-state index < -0.39 is 10.0 Å². The lowest BCUT2D eigenvalue weighted by Crippen LogP contribution is -2.36. The van der Waals surface area contributed by atoms with Crippen LogP contribution in [0.4, 0.5) is 0 Å². The molecule has 0 bridgehead atoms. The van der Waals surface area contributed by atoms with Crippen molar-refractivity contribution in [2.24, 2.45) is 10.1 Å². The van der Waals surface area contributed by atoms with Crippen molar-refractivity contribution in [3.05, 3.63) is 63.6 Å². The highest BCUT2D eigenvalue weighted by Gasteiger charge is 2.07. The van der Waals surface area contributed by atoms with Crippen molar-refractivity contribution in [1.82, 2.24) is 10.6 Å². The number of rotatable bonds is 5. The summed E-state index contributed by atoms with van der Waals surface area (Å²) in [7, 11) is -2.02. The molecule has 0 aliphatic heterocycles. The highest BCUT2D eigenvalue weighted by Crippen LogP contribution is 2.20. The number of halogens is 3. The van der Waals surface area contributed by atoms with Gasteiger partial charge in [0.25, 0.3) is 0 Å². The van der Waals surface area contributed by atoms with E-state index in [1.165, 1.54) is 12.1 Å². The molecule has 2 aromatic rings. The predicted molar refractivity (Wildman–Crippen MR) is 117 cm³/mol. The van der Waals surface area contributed by atoms with Gasteiger partial charge in [-0.3, -0.25) is 4.99 Å². The first-order valence-electron chi connectivity index (χ1n) is 7.30. The van der Waals surface area contributed by atoms with Crippen LogP contribution in [-0.4, -0.2) is 21.4 Å². The van der Waals surface area contributed by atoms with E-state index in [0.717, 1.165) is 11.1 Å². The lowest BCUT2D eigenvalue weighted by Gasteiger charge is -2.13. The minimum Gasteiger partial charge on any atom is -0.352 e. The fourth-order valence-corrected chi connectivity index (χ4v) is 3.04. The lowest BCUT2D eigenvalue weighted by molar-refractivity contribution is 0.597. The van der Waals surface area contributed by atoms with E-state index in [4.69, 9.17) is 28.3 Å². The minimum atomic E-state index is -3.68. The molecular weight excluding hydrogens is 510 g/mol. The first-order chi connectivity index (χ1) is 11.8. The maximum absolute atomic E-state index is 11.2. The third-order valence-corrected chi connectivity index (χ3v) is 4.91. The van der Waals surface area contributed by atoms with Gasteiger partial charge in [0.1, 0.15) is 0 Å². The third-order valence-electron chi connectivity index (χ3n) is 3.40. The average Bonchev–Trinajstić information content (AvgIpc) is 2.56. The minimum absolute atomic E-state index is 0. The number of benzene rings is 2. The van der Waals surface area contributed by atoms with Gasteiger partial charge in [0.15, 0.2) is 5.96 Å². The molecular formula is C16H19Cl2IN4O2S. The van der Waals surface area contributed by atoms with Gasteiger partial charge in [-0.15, -0.1) is 24.0 Å². The lowest BCUT2D eigenvalue weighted by atomic mass is 10.2. The summed E-state index contributed by atoms with van der Waals surface area (Å²) in [5.74, 6) is 0.585. The number of aliphatic imine (C=N–C) groups is 1. The van der Waals surface area contributed by atoms with E-state index >= 15 is 0 Å². The van der Waals surface area contributed by atoms with Crippen LogP contribution in [0.2, 0.25) is 10.0 Å². The zero-order valence-electron chi connectivity index (χ0n) is 13.9. The van der Waals surface area contributed by atoms with Crippen molar-refractivity contribution < 1.29 is 8.42 Å². The van der Waals surface area contributed by atoms with Crippen molar-refractivity contribution in [2.45, 2.75) is 18.0 Å². The Kier molecular flexibility index (Phi) is 9.11. The number of sulfonamides is 1. The molecule has 0 aliphatic carbocycles. The van der Waals surface area contributed by atoms with Crippen molar-refractivity contribution >= 4 is 63.2 Å². The highest BCUT2D eigenvalue weighted by molar-refractivity contribution is 14.0. The van der Waals surface area contributed by atoms with Gasteiger partial charge >= 0.3 is 0 Å². The van der Waals surface area contributed by atoms with Crippen molar-refractivity contribution in [3.63, 3.8) is 0 Å². The Bertz CT molecular complexity index is 874. The molecule has 0 heterocycles. The van der Waals surface area contributed by atoms with E-state index in [-0.39, 0.29) is 28.9 Å². The van der Waals surface area contributed by atoms with Crippen molar-refractivity contribution in [3.8, 4) is 0 Å². The maximum atomic E-state index is 11.2. The van der Waals surface area contributed by atoms with Crippen LogP contribution in [0.5, 0.6) is 0 Å². The standard InChI is InChI=1S/C16H18Cl2N4O2S.HI/c1-20-16(22-10-12-4-5-13(17)8-15(12)18)21-9-11-2-6-14(7-3-11)25(19,23)24;/h2-8H,9-10H2,1H3,(H2,19,23,24)(H2,20,21,22);1H. The molecule has 10 heteroatoms. The zero-order valence-corrected chi connectivity index (χ0v) is 18.5. The molecule has 0 amide bonds. The summed E-state index contributed by atoms with van der Waals surface area (Å²) in [6.07, 6.45) is 0. The normalized spacial score (nSPS) is 11.6. The Morgan fingerprint density at radius 1 is 1.08 bits per heavy atom. The molecule has 0 aromatic heterocycles. The topological polar surface area (TPSA) is 96.6 Å². The van der Waals surface area contributed by atoms with Crippen LogP contribution in [0.15, 0.2) is 52.4 Å². The van der Waals surface area contributed by atoms with E-state index in [1.54, 1.807) is 31.3 Å². The zero-order chi connectivity index (χ0) is 18.4. The Labute approximate surface area is 180 Å². The largest absolute Gasteiger partial charge is 0.352 e. The van der Waals surface area contributed by atoms with Crippen LogP contribution in [0, 0.1) is 0 Å². The van der Waals surface area contributed by atoms with E-state index in [2.05, 4.69) is 15.6 Å². The Morgan fingerprint density at radius 2 is 1.69 bits per heavy atom. The molecule has 26 heavy (non-hydrogen) atoms. The second-order valence-electron chi connectivity index (χ2n) is 5.20. The number of hydrogen-bond donors (Lipinski definition) is 3. The summed E-state index contributed by atoms with van der Waals surface area (Å²) >= 11 is 12.0. The molecule has 142 valence electrons. The van der Waals surface area contributed by atoms with Gasteiger partial charge < -0.3 is 10.6 Å². The van der Waals surface area contributed by atoms with E-state index in [9.17, 15) is 8.42 Å². The number of nitrogens with two attached hydrogens (primary N) is 1. The third kappa shape index (κ3) is 6.92. The molecule has 0 fully saturated rings. The second kappa shape index (κ2) is 10.3. The van der Waals surface area contributed by atoms with Crippen LogP contribution in [0.1, 0.15) is 11.1 Å². The number of nitrogens with zero attached hydrogens (tertiary/aromatic N) is 1. The molecule has 0 unspecified atom stereocenters. The fourth-order valence-electron chi connectivity index (χ4n) is 2.05. The SMILES string of the molecule is CN=C(NCc1ccc(S(N)(=O)=O)cc1)NCc1ccc(Cl)cc1Cl.I. The summed E-state index contributed by atoms with van der Waals surface area (Å²) in [5.41, 5.74) is 1.78. The molecule has 2 aromatic carbocycles. The van der Waals surface area contributed by atoms with Gasteiger partial charge in [-0.1, -0.05) is 41.4 Å². The molecule has 0 aliphatic rings. The summed E-state index contributed by atoms with van der Waals surface area (Å²) in [6.45, 7) is 0.957. The summed E-state index contributed by atoms with van der Waals surface area (Å²) in [4.78, 5) is 4.21. The van der Waals surface area contributed by atoms with Gasteiger partial charge in [-0.2, -0.15) is 0 Å². The van der Waals surface area contributed by atoms with E-state index in [0.29, 0.717) is 29.1 Å². The smallest absolute Gasteiger partial charge is 0.238 e. The van der Waals surface area contributed by atoms with Gasteiger partial charge in [0.2, 0.25) is 10.0 Å². The van der Waals surface area contributed by atoms with Crippen LogP contribution in [-0.2, 0) is 23.1 Å². The number of primary sulfonamides is 1. The van der Waals surface area contributed by atoms with E-state index in [1.807, 2.05) is 6.07 Å². The maximum Gasteiger partial charge on any atom is 0.238 e. The van der Waals surface area contributed by atoms with Crippen molar-refractivity contribution in [1.29, 1.82) is 0 Å². The van der Waals surface area contributed by atoms with Crippen LogP contribution in [0.3, 0.4) is 0 Å². The molecule has 6 nitrogen and oxygen atoms in total. The molecule has 0 saturated carbocycles. The van der Waals surface area contributed by atoms with Gasteiger partial charge in [-0.05, 0) is 35.4 Å². The second-order valence-corrected chi connectivity index (χ2v) is 7.61. The average molecular weight is 529 g/mol. The molecule has 2 rings (SSSR count). The summed E-state index contributed by atoms with van der Waals surface area (Å²) < 4.78 is 22.5. The first kappa shape index (κ1) is 23.0. The van der Waals surface area contributed by atoms with Gasteiger partial charge in [0.05, 0.1) is 4.90 Å². The Hall–Kier alpha value is -1.07. The molecule has 0 spiro atoms. The van der Waals surface area contributed by atoms with Gasteiger partial charge in [-0.25, -0.2) is 13.6 Å². The van der Waals surface area contributed by atoms with Crippen LogP contribution >= 0.6 is 47.2 Å². The van der Waals surface area contributed by atoms with Crippen LogP contribution in [0.25, 0.3) is 0 Å². The monoisotopic (exact) mass is 528 g/mol. The predicted octanol–water partition coefficient (Wildman–Crippen LogP) is 3.12. The highest BCUT2D eigenvalue weighted by atomic mass is 127. The molecule has 4 N–H and O–H groups in total. The van der Waals surface area contributed by atoms with Crippen LogP contribution < -0.4 is 15.8 Å². The summed E-state index contributed by atoms with van der Waals surface area (Å²) in [6, 6.07) is 11.6. The Balaban J connectivity index is 0.00000338. The number of nitrogens with one attached hydrogen (secondary N) is 2. The van der Waals surface area contributed by atoms with Crippen molar-refractivity contribution in [2.75, 3.05) is 7.05 Å².